The summed E-state index contributed by atoms with van der Waals surface area (Å²) in [5.74, 6) is 0.0698. The van der Waals surface area contributed by atoms with Gasteiger partial charge >= 0.3 is 0 Å². The summed E-state index contributed by atoms with van der Waals surface area (Å²) in [5.41, 5.74) is 6.66. The normalized spacial score (nSPS) is 10.2. The fourth-order valence-corrected chi connectivity index (χ4v) is 2.18. The zero-order valence-electron chi connectivity index (χ0n) is 14.2. The molecule has 0 radical (unpaired) electrons. The molecule has 2 aromatic carbocycles. The standard InChI is InChI=1S/C19H19N3O3S/c1-25-16-10-7-14(8-11-16)9-12-17(23)20-19(26)22-21-18(24)13-15-5-3-2-4-6-15/h2-12H,13H2,1H3,(H,21,24)(H2,20,22,23,26)/b12-9+. The summed E-state index contributed by atoms with van der Waals surface area (Å²) in [6.45, 7) is 0. The van der Waals surface area contributed by atoms with Crippen molar-refractivity contribution in [3.05, 3.63) is 71.8 Å². The van der Waals surface area contributed by atoms with Crippen molar-refractivity contribution in [3.8, 4) is 5.75 Å². The van der Waals surface area contributed by atoms with Gasteiger partial charge in [0.1, 0.15) is 5.75 Å². The Morgan fingerprint density at radius 3 is 2.38 bits per heavy atom. The highest BCUT2D eigenvalue weighted by molar-refractivity contribution is 7.80. The van der Waals surface area contributed by atoms with Gasteiger partial charge in [0.2, 0.25) is 11.8 Å². The Bertz CT molecular complexity index is 789. The predicted octanol–water partition coefficient (Wildman–Crippen LogP) is 1.97. The van der Waals surface area contributed by atoms with Crippen molar-refractivity contribution in [2.75, 3.05) is 7.11 Å². The lowest BCUT2D eigenvalue weighted by Crippen LogP contribution is -2.48. The van der Waals surface area contributed by atoms with E-state index in [2.05, 4.69) is 16.2 Å². The highest BCUT2D eigenvalue weighted by atomic mass is 32.1. The summed E-state index contributed by atoms with van der Waals surface area (Å²) in [7, 11) is 1.59. The van der Waals surface area contributed by atoms with E-state index in [1.54, 1.807) is 25.3 Å². The van der Waals surface area contributed by atoms with Crippen LogP contribution in [-0.2, 0) is 16.0 Å². The quantitative estimate of drug-likeness (QED) is 0.427. The van der Waals surface area contributed by atoms with Gasteiger partial charge in [-0.1, -0.05) is 42.5 Å². The number of rotatable bonds is 5. The molecule has 3 N–H and O–H groups in total. The average Bonchev–Trinajstić information content (AvgIpc) is 2.66. The third-order valence-corrected chi connectivity index (χ3v) is 3.51. The van der Waals surface area contributed by atoms with Crippen molar-refractivity contribution in [2.24, 2.45) is 0 Å². The van der Waals surface area contributed by atoms with Crippen molar-refractivity contribution >= 4 is 35.2 Å². The molecule has 0 atom stereocenters. The molecule has 134 valence electrons. The summed E-state index contributed by atoms with van der Waals surface area (Å²) in [6, 6.07) is 16.5. The Labute approximate surface area is 157 Å². The molecule has 0 aromatic heterocycles. The van der Waals surface area contributed by atoms with Crippen molar-refractivity contribution in [3.63, 3.8) is 0 Å². The van der Waals surface area contributed by atoms with Crippen LogP contribution in [0.4, 0.5) is 0 Å². The molecule has 0 aliphatic rings. The number of ether oxygens (including phenoxy) is 1. The Balaban J connectivity index is 1.73. The van der Waals surface area contributed by atoms with Crippen LogP contribution in [-0.4, -0.2) is 24.0 Å². The number of carbonyl (C=O) groups excluding carboxylic acids is 2. The maximum atomic E-state index is 11.8. The molecule has 0 bridgehead atoms. The molecule has 26 heavy (non-hydrogen) atoms. The van der Waals surface area contributed by atoms with Gasteiger partial charge in [0.15, 0.2) is 5.11 Å². The number of hydrazine groups is 1. The maximum absolute atomic E-state index is 11.8. The van der Waals surface area contributed by atoms with Crippen LogP contribution in [0, 0.1) is 0 Å². The predicted molar refractivity (Wildman–Crippen MR) is 104 cm³/mol. The van der Waals surface area contributed by atoms with E-state index in [0.29, 0.717) is 0 Å². The Kier molecular flexibility index (Phi) is 7.32. The summed E-state index contributed by atoms with van der Waals surface area (Å²) in [6.07, 6.45) is 3.20. The second-order valence-electron chi connectivity index (χ2n) is 5.26. The first-order valence-corrected chi connectivity index (χ1v) is 8.23. The van der Waals surface area contributed by atoms with Gasteiger partial charge in [-0.3, -0.25) is 25.8 Å². The summed E-state index contributed by atoms with van der Waals surface area (Å²) < 4.78 is 5.07. The van der Waals surface area contributed by atoms with Gasteiger partial charge in [0.25, 0.3) is 0 Å². The van der Waals surface area contributed by atoms with Crippen LogP contribution in [0.5, 0.6) is 5.75 Å². The molecule has 6 nitrogen and oxygen atoms in total. The lowest BCUT2D eigenvalue weighted by atomic mass is 10.1. The van der Waals surface area contributed by atoms with Crippen LogP contribution >= 0.6 is 12.2 Å². The number of amides is 2. The van der Waals surface area contributed by atoms with Crippen LogP contribution in [0.3, 0.4) is 0 Å². The number of methoxy groups -OCH3 is 1. The summed E-state index contributed by atoms with van der Waals surface area (Å²) >= 11 is 4.97. The van der Waals surface area contributed by atoms with Crippen LogP contribution in [0.15, 0.2) is 60.7 Å². The third-order valence-electron chi connectivity index (χ3n) is 3.30. The molecule has 0 heterocycles. The molecule has 2 aromatic rings. The van der Waals surface area contributed by atoms with E-state index in [1.165, 1.54) is 6.08 Å². The first-order chi connectivity index (χ1) is 12.6. The largest absolute Gasteiger partial charge is 0.497 e. The van der Waals surface area contributed by atoms with E-state index < -0.39 is 5.91 Å². The van der Waals surface area contributed by atoms with Gasteiger partial charge in [-0.15, -0.1) is 0 Å². The van der Waals surface area contributed by atoms with Crippen LogP contribution in [0.2, 0.25) is 0 Å². The van der Waals surface area contributed by atoms with Gasteiger partial charge in [-0.05, 0) is 41.6 Å². The molecule has 7 heteroatoms. The van der Waals surface area contributed by atoms with Gasteiger partial charge in [0, 0.05) is 6.08 Å². The lowest BCUT2D eigenvalue weighted by molar-refractivity contribution is -0.121. The van der Waals surface area contributed by atoms with E-state index >= 15 is 0 Å². The Morgan fingerprint density at radius 2 is 1.73 bits per heavy atom. The number of hydrogen-bond acceptors (Lipinski definition) is 4. The Hall–Kier alpha value is -3.19. The highest BCUT2D eigenvalue weighted by Gasteiger charge is 2.05. The number of hydrogen-bond donors (Lipinski definition) is 3. The van der Waals surface area contributed by atoms with Gasteiger partial charge in [-0.2, -0.15) is 0 Å². The molecule has 2 amide bonds. The number of benzene rings is 2. The Morgan fingerprint density at radius 1 is 1.04 bits per heavy atom. The molecule has 0 aliphatic heterocycles. The molecule has 0 aliphatic carbocycles. The molecule has 0 fully saturated rings. The smallest absolute Gasteiger partial charge is 0.250 e. The lowest BCUT2D eigenvalue weighted by Gasteiger charge is -2.09. The van der Waals surface area contributed by atoms with Crippen LogP contribution < -0.4 is 20.9 Å². The minimum Gasteiger partial charge on any atom is -0.497 e. The van der Waals surface area contributed by atoms with E-state index in [1.807, 2.05) is 42.5 Å². The molecule has 2 rings (SSSR count). The third kappa shape index (κ3) is 6.74. The minimum absolute atomic E-state index is 0.00999. The second kappa shape index (κ2) is 9.95. The fraction of sp³-hybridized carbons (Fsp3) is 0.105. The molecular weight excluding hydrogens is 350 g/mol. The fourth-order valence-electron chi connectivity index (χ4n) is 2.02. The number of carbonyl (C=O) groups is 2. The summed E-state index contributed by atoms with van der Waals surface area (Å²) in [5, 5.41) is 2.46. The molecular formula is C19H19N3O3S. The zero-order chi connectivity index (χ0) is 18.8. The van der Waals surface area contributed by atoms with Crippen LogP contribution in [0.1, 0.15) is 11.1 Å². The van der Waals surface area contributed by atoms with E-state index in [-0.39, 0.29) is 17.4 Å². The van der Waals surface area contributed by atoms with Gasteiger partial charge in [-0.25, -0.2) is 0 Å². The zero-order valence-corrected chi connectivity index (χ0v) is 15.0. The number of thiocarbonyl (C=S) groups is 1. The minimum atomic E-state index is -0.407. The van der Waals surface area contributed by atoms with Gasteiger partial charge in [0.05, 0.1) is 13.5 Å². The van der Waals surface area contributed by atoms with Crippen molar-refractivity contribution in [2.45, 2.75) is 6.42 Å². The van der Waals surface area contributed by atoms with E-state index in [4.69, 9.17) is 17.0 Å². The van der Waals surface area contributed by atoms with Crippen molar-refractivity contribution < 1.29 is 14.3 Å². The number of nitrogens with one attached hydrogen (secondary N) is 3. The average molecular weight is 369 g/mol. The topological polar surface area (TPSA) is 79.5 Å². The first-order valence-electron chi connectivity index (χ1n) is 7.82. The first kappa shape index (κ1) is 19.1. The molecule has 0 spiro atoms. The summed E-state index contributed by atoms with van der Waals surface area (Å²) in [4.78, 5) is 23.6. The van der Waals surface area contributed by atoms with Crippen LogP contribution in [0.25, 0.3) is 6.08 Å². The molecule has 0 saturated heterocycles. The molecule has 0 saturated carbocycles. The molecule has 0 unspecified atom stereocenters. The van der Waals surface area contributed by atoms with E-state index in [9.17, 15) is 9.59 Å². The second-order valence-corrected chi connectivity index (χ2v) is 5.67. The van der Waals surface area contributed by atoms with E-state index in [0.717, 1.165) is 16.9 Å². The SMILES string of the molecule is COc1ccc(/C=C/C(=O)NC(=S)NNC(=O)Cc2ccccc2)cc1. The maximum Gasteiger partial charge on any atom is 0.250 e. The van der Waals surface area contributed by atoms with Crippen molar-refractivity contribution in [1.29, 1.82) is 0 Å². The highest BCUT2D eigenvalue weighted by Crippen LogP contribution is 2.12. The van der Waals surface area contributed by atoms with Gasteiger partial charge < -0.3 is 4.74 Å². The monoisotopic (exact) mass is 369 g/mol. The van der Waals surface area contributed by atoms with Crippen molar-refractivity contribution in [1.82, 2.24) is 16.2 Å².